The van der Waals surface area contributed by atoms with Crippen LogP contribution in [0.25, 0.3) is 33.6 Å². The van der Waals surface area contributed by atoms with Crippen molar-refractivity contribution in [3.05, 3.63) is 89.7 Å². The number of amides is 1. The fourth-order valence-corrected chi connectivity index (χ4v) is 3.83. The van der Waals surface area contributed by atoms with E-state index >= 15 is 0 Å². The van der Waals surface area contributed by atoms with Crippen LogP contribution in [0.1, 0.15) is 19.4 Å². The molecule has 1 atom stereocenters. The average molecular weight is 494 g/mol. The molecular weight excluding hydrogens is 472 g/mol. The summed E-state index contributed by atoms with van der Waals surface area (Å²) in [6.45, 7) is 2.38. The van der Waals surface area contributed by atoms with E-state index in [1.807, 2.05) is 24.3 Å². The van der Waals surface area contributed by atoms with Gasteiger partial charge in [0.25, 0.3) is 5.92 Å². The van der Waals surface area contributed by atoms with Crippen LogP contribution in [0.5, 0.6) is 0 Å². The van der Waals surface area contributed by atoms with Crippen LogP contribution in [0.3, 0.4) is 0 Å². The quantitative estimate of drug-likeness (QED) is 0.319. The minimum Gasteiger partial charge on any atom is -0.387 e. The SMILES string of the molecule is CC(=O)Nc1ccc(C(F)(F)C(C)O)cc1-c1ccc(-c2nccnc2-c2ccc(Cl)cc2)cc1. The monoisotopic (exact) mass is 493 g/mol. The van der Waals surface area contributed by atoms with Gasteiger partial charge in [-0.3, -0.25) is 14.8 Å². The lowest BCUT2D eigenvalue weighted by Gasteiger charge is -2.22. The van der Waals surface area contributed by atoms with Crippen molar-refractivity contribution in [1.82, 2.24) is 9.97 Å². The van der Waals surface area contributed by atoms with Crippen LogP contribution < -0.4 is 5.32 Å². The number of aliphatic hydroxyl groups excluding tert-OH is 1. The molecule has 1 heterocycles. The molecule has 1 unspecified atom stereocenters. The molecule has 0 saturated heterocycles. The minimum atomic E-state index is -3.45. The Kier molecular flexibility index (Phi) is 6.91. The third-order valence-electron chi connectivity index (χ3n) is 5.53. The van der Waals surface area contributed by atoms with E-state index in [0.29, 0.717) is 33.2 Å². The topological polar surface area (TPSA) is 75.1 Å². The van der Waals surface area contributed by atoms with Gasteiger partial charge in [0.15, 0.2) is 0 Å². The molecule has 5 nitrogen and oxygen atoms in total. The van der Waals surface area contributed by atoms with Crippen molar-refractivity contribution in [2.24, 2.45) is 0 Å². The molecular formula is C27H22ClF2N3O2. The van der Waals surface area contributed by atoms with Gasteiger partial charge in [0, 0.05) is 52.3 Å². The average Bonchev–Trinajstić information content (AvgIpc) is 2.84. The molecule has 0 fully saturated rings. The molecule has 0 aliphatic heterocycles. The summed E-state index contributed by atoms with van der Waals surface area (Å²) in [7, 11) is 0. The third kappa shape index (κ3) is 5.21. The van der Waals surface area contributed by atoms with Gasteiger partial charge in [0.05, 0.1) is 11.4 Å². The fourth-order valence-electron chi connectivity index (χ4n) is 3.71. The largest absolute Gasteiger partial charge is 0.387 e. The van der Waals surface area contributed by atoms with E-state index in [2.05, 4.69) is 15.3 Å². The zero-order valence-corrected chi connectivity index (χ0v) is 19.7. The number of rotatable bonds is 6. The highest BCUT2D eigenvalue weighted by atomic mass is 35.5. The molecule has 0 bridgehead atoms. The maximum atomic E-state index is 14.5. The molecule has 35 heavy (non-hydrogen) atoms. The minimum absolute atomic E-state index is 0.329. The van der Waals surface area contributed by atoms with Crippen molar-refractivity contribution >= 4 is 23.2 Å². The number of benzene rings is 3. The highest BCUT2D eigenvalue weighted by Crippen LogP contribution is 2.38. The Labute approximate surface area is 206 Å². The van der Waals surface area contributed by atoms with Crippen molar-refractivity contribution in [3.63, 3.8) is 0 Å². The van der Waals surface area contributed by atoms with Crippen molar-refractivity contribution in [1.29, 1.82) is 0 Å². The molecule has 1 amide bonds. The van der Waals surface area contributed by atoms with Gasteiger partial charge < -0.3 is 10.4 Å². The van der Waals surface area contributed by atoms with E-state index in [4.69, 9.17) is 11.6 Å². The van der Waals surface area contributed by atoms with Gasteiger partial charge in [0.2, 0.25) is 5.91 Å². The molecule has 8 heteroatoms. The Morgan fingerprint density at radius 2 is 1.43 bits per heavy atom. The number of hydrogen-bond acceptors (Lipinski definition) is 4. The van der Waals surface area contributed by atoms with Crippen LogP contribution in [-0.2, 0) is 10.7 Å². The molecule has 0 aliphatic rings. The smallest absolute Gasteiger partial charge is 0.298 e. The maximum Gasteiger partial charge on any atom is 0.298 e. The fraction of sp³-hybridized carbons (Fsp3) is 0.148. The second-order valence-electron chi connectivity index (χ2n) is 8.08. The Hall–Kier alpha value is -3.68. The Morgan fingerprint density at radius 1 is 0.914 bits per heavy atom. The number of aromatic nitrogens is 2. The number of carbonyl (C=O) groups is 1. The Balaban J connectivity index is 1.77. The van der Waals surface area contributed by atoms with Gasteiger partial charge in [-0.05, 0) is 36.8 Å². The second-order valence-corrected chi connectivity index (χ2v) is 8.51. The summed E-state index contributed by atoms with van der Waals surface area (Å²) < 4.78 is 29.0. The van der Waals surface area contributed by atoms with E-state index in [1.54, 1.807) is 36.7 Å². The van der Waals surface area contributed by atoms with E-state index < -0.39 is 12.0 Å². The summed E-state index contributed by atoms with van der Waals surface area (Å²) in [6.07, 6.45) is 1.33. The lowest BCUT2D eigenvalue weighted by molar-refractivity contribution is -0.114. The van der Waals surface area contributed by atoms with Crippen molar-refractivity contribution < 1.29 is 18.7 Å². The van der Waals surface area contributed by atoms with Gasteiger partial charge in [0.1, 0.15) is 6.10 Å². The first-order valence-electron chi connectivity index (χ1n) is 10.8. The first-order valence-corrected chi connectivity index (χ1v) is 11.2. The molecule has 0 spiro atoms. The molecule has 2 N–H and O–H groups in total. The summed E-state index contributed by atoms with van der Waals surface area (Å²) in [5.41, 5.74) is 4.00. The zero-order chi connectivity index (χ0) is 25.2. The van der Waals surface area contributed by atoms with Gasteiger partial charge in [-0.15, -0.1) is 0 Å². The highest BCUT2D eigenvalue weighted by Gasteiger charge is 2.37. The molecule has 1 aromatic heterocycles. The molecule has 3 aromatic carbocycles. The van der Waals surface area contributed by atoms with Crippen LogP contribution in [0.4, 0.5) is 14.5 Å². The van der Waals surface area contributed by atoms with Crippen LogP contribution >= 0.6 is 11.6 Å². The number of hydrogen-bond donors (Lipinski definition) is 2. The number of alkyl halides is 2. The lowest BCUT2D eigenvalue weighted by atomic mass is 9.95. The predicted octanol–water partition coefficient (Wildman–Crippen LogP) is 6.56. The van der Waals surface area contributed by atoms with E-state index in [9.17, 15) is 18.7 Å². The van der Waals surface area contributed by atoms with Crippen molar-refractivity contribution in [2.75, 3.05) is 5.32 Å². The molecule has 178 valence electrons. The van der Waals surface area contributed by atoms with E-state index in [-0.39, 0.29) is 11.5 Å². The first kappa shape index (κ1) is 24.4. The summed E-state index contributed by atoms with van der Waals surface area (Å²) >= 11 is 6.01. The maximum absolute atomic E-state index is 14.5. The summed E-state index contributed by atoms with van der Waals surface area (Å²) in [5.74, 6) is -3.78. The Bertz CT molecular complexity index is 1360. The molecule has 4 aromatic rings. The number of nitrogens with zero attached hydrogens (tertiary/aromatic N) is 2. The summed E-state index contributed by atoms with van der Waals surface area (Å²) in [6, 6.07) is 18.3. The van der Waals surface area contributed by atoms with Crippen molar-refractivity contribution in [3.8, 4) is 33.6 Å². The van der Waals surface area contributed by atoms with Gasteiger partial charge in [-0.1, -0.05) is 54.1 Å². The van der Waals surface area contributed by atoms with E-state index in [0.717, 1.165) is 18.1 Å². The van der Waals surface area contributed by atoms with Gasteiger partial charge in [-0.25, -0.2) is 0 Å². The van der Waals surface area contributed by atoms with Crippen LogP contribution in [0, 0.1) is 0 Å². The van der Waals surface area contributed by atoms with Crippen LogP contribution in [0.2, 0.25) is 5.02 Å². The molecule has 0 aliphatic carbocycles. The normalized spacial score (nSPS) is 12.3. The standard InChI is InChI=1S/C27H22ClF2N3O2/c1-16(34)27(29,30)21-9-12-24(33-17(2)35)23(15-21)18-3-5-19(6-4-18)25-26(32-14-13-31-25)20-7-10-22(28)11-8-20/h3-16,34H,1-2H3,(H,33,35). The number of nitrogens with one attached hydrogen (secondary N) is 1. The number of anilines is 1. The van der Waals surface area contributed by atoms with Gasteiger partial charge in [-0.2, -0.15) is 8.78 Å². The summed E-state index contributed by atoms with van der Waals surface area (Å²) in [5, 5.41) is 12.9. The number of carbonyl (C=O) groups excluding carboxylic acids is 1. The lowest BCUT2D eigenvalue weighted by Crippen LogP contribution is -2.28. The number of halogens is 3. The predicted molar refractivity (Wildman–Crippen MR) is 133 cm³/mol. The van der Waals surface area contributed by atoms with Gasteiger partial charge >= 0.3 is 0 Å². The Morgan fingerprint density at radius 3 is 1.94 bits per heavy atom. The second kappa shape index (κ2) is 9.90. The summed E-state index contributed by atoms with van der Waals surface area (Å²) in [4.78, 5) is 20.7. The highest BCUT2D eigenvalue weighted by molar-refractivity contribution is 6.30. The molecule has 0 radical (unpaired) electrons. The number of aliphatic hydroxyl groups is 1. The first-order chi connectivity index (χ1) is 16.7. The van der Waals surface area contributed by atoms with Crippen molar-refractivity contribution in [2.45, 2.75) is 25.9 Å². The van der Waals surface area contributed by atoms with E-state index in [1.165, 1.54) is 25.1 Å². The zero-order valence-electron chi connectivity index (χ0n) is 19.0. The third-order valence-corrected chi connectivity index (χ3v) is 5.78. The van der Waals surface area contributed by atoms with Crippen LogP contribution in [-0.4, -0.2) is 27.1 Å². The molecule has 0 saturated carbocycles. The van der Waals surface area contributed by atoms with Crippen LogP contribution in [0.15, 0.2) is 79.1 Å². The molecule has 4 rings (SSSR count).